The van der Waals surface area contributed by atoms with Gasteiger partial charge in [-0.05, 0) is 57.8 Å². The first-order chi connectivity index (χ1) is 35.5. The van der Waals surface area contributed by atoms with Crippen LogP contribution in [0.2, 0.25) is 0 Å². The van der Waals surface area contributed by atoms with Crippen LogP contribution >= 0.6 is 7.82 Å². The second-order valence-electron chi connectivity index (χ2n) is 21.7. The summed E-state index contributed by atoms with van der Waals surface area (Å²) in [6, 6.07) is 0. The second kappa shape index (κ2) is 54.5. The highest BCUT2D eigenvalue weighted by Crippen LogP contribution is 2.43. The smallest absolute Gasteiger partial charge is 0.462 e. The number of ether oxygens (including phenoxy) is 2. The maximum Gasteiger partial charge on any atom is 0.472 e. The van der Waals surface area contributed by atoms with Crippen molar-refractivity contribution in [2.45, 2.75) is 283 Å². The van der Waals surface area contributed by atoms with Crippen LogP contribution in [0.3, 0.4) is 0 Å². The first kappa shape index (κ1) is 70.7. The van der Waals surface area contributed by atoms with Crippen LogP contribution in [-0.4, -0.2) is 74.9 Å². The fourth-order valence-corrected chi connectivity index (χ4v) is 9.37. The third kappa shape index (κ3) is 58.8. The number of nitrogens with zero attached hydrogens (tertiary/aromatic N) is 1. The number of unbranched alkanes of at least 4 members (excludes halogenated alkanes) is 32. The number of allylic oxidation sites excluding steroid dienone is 10. The molecule has 0 heterocycles. The number of carbonyl (C=O) groups excluding carboxylic acids is 2. The zero-order valence-corrected chi connectivity index (χ0v) is 49.3. The van der Waals surface area contributed by atoms with E-state index in [0.717, 1.165) is 70.6 Å². The zero-order chi connectivity index (χ0) is 53.5. The summed E-state index contributed by atoms with van der Waals surface area (Å²) >= 11 is 0. The van der Waals surface area contributed by atoms with Crippen LogP contribution in [-0.2, 0) is 32.7 Å². The standard InChI is InChI=1S/C63H116NO8P/c1-6-8-10-12-14-16-18-20-22-24-26-28-30-31-32-33-34-36-38-40-42-44-46-48-50-52-54-56-63(66)72-61(60-71-73(67,68)70-58-57-64(3,4)5)59-69-62(65)55-53-51-49-47-45-43-41-39-37-35-29-27-25-23-21-19-17-15-13-11-9-7-2/h8,10,14,16,20,22,26,28,31-32,61H,6-7,9,11-13,15,17-19,21,23-25,27,29-30,33-60H2,1-5H3/p+1/b10-8-,16-14-,22-20-,28-26-,32-31-. The van der Waals surface area contributed by atoms with Crippen LogP contribution in [0.25, 0.3) is 0 Å². The number of hydrogen-bond donors (Lipinski definition) is 1. The summed E-state index contributed by atoms with van der Waals surface area (Å²) in [7, 11) is 1.48. The topological polar surface area (TPSA) is 108 Å². The highest BCUT2D eigenvalue weighted by Gasteiger charge is 2.27. The number of quaternary nitrogens is 1. The Morgan fingerprint density at radius 1 is 0.438 bits per heavy atom. The number of phosphoric ester groups is 1. The molecule has 0 aromatic carbocycles. The van der Waals surface area contributed by atoms with Gasteiger partial charge in [0.05, 0.1) is 27.7 Å². The SMILES string of the molecule is CC/C=C\C/C=C\C/C=C\C/C=C\C/C=C\CCCCCCCCCCCCCC(=O)OC(COC(=O)CCCCCCCCCCCCCCCCCCCCCCCC)COP(=O)(O)OCC[N+](C)(C)C. The monoisotopic (exact) mass is 1050 g/mol. The molecule has 0 rings (SSSR count). The molecule has 9 nitrogen and oxygen atoms in total. The van der Waals surface area contributed by atoms with E-state index >= 15 is 0 Å². The maximum absolute atomic E-state index is 12.8. The first-order valence-electron chi connectivity index (χ1n) is 30.5. The van der Waals surface area contributed by atoms with Crippen LogP contribution in [0, 0.1) is 0 Å². The largest absolute Gasteiger partial charge is 0.472 e. The van der Waals surface area contributed by atoms with E-state index in [0.29, 0.717) is 23.9 Å². The minimum Gasteiger partial charge on any atom is -0.462 e. The molecule has 0 spiro atoms. The van der Waals surface area contributed by atoms with Gasteiger partial charge in [-0.25, -0.2) is 4.57 Å². The molecule has 1 N–H and O–H groups in total. The molecular formula is C63H117NO8P+. The summed E-state index contributed by atoms with van der Waals surface area (Å²) in [6.45, 7) is 4.36. The van der Waals surface area contributed by atoms with E-state index in [9.17, 15) is 19.0 Å². The third-order valence-corrected chi connectivity index (χ3v) is 14.3. The summed E-state index contributed by atoms with van der Waals surface area (Å²) < 4.78 is 34.6. The number of esters is 2. The van der Waals surface area contributed by atoms with Gasteiger partial charge in [0.1, 0.15) is 19.8 Å². The van der Waals surface area contributed by atoms with Gasteiger partial charge in [-0.1, -0.05) is 267 Å². The van der Waals surface area contributed by atoms with Gasteiger partial charge in [-0.2, -0.15) is 0 Å². The van der Waals surface area contributed by atoms with Gasteiger partial charge in [0, 0.05) is 12.8 Å². The van der Waals surface area contributed by atoms with E-state index in [1.165, 1.54) is 173 Å². The predicted octanol–water partition coefficient (Wildman–Crippen LogP) is 19.1. The Bertz CT molecular complexity index is 1420. The van der Waals surface area contributed by atoms with Crippen molar-refractivity contribution in [3.8, 4) is 0 Å². The minimum atomic E-state index is -4.39. The van der Waals surface area contributed by atoms with E-state index < -0.39 is 26.5 Å². The van der Waals surface area contributed by atoms with Gasteiger partial charge >= 0.3 is 19.8 Å². The van der Waals surface area contributed by atoms with Crippen LogP contribution in [0.15, 0.2) is 60.8 Å². The molecule has 73 heavy (non-hydrogen) atoms. The molecule has 10 heteroatoms. The Morgan fingerprint density at radius 3 is 1.16 bits per heavy atom. The Labute approximate surface area is 451 Å². The predicted molar refractivity (Wildman–Crippen MR) is 312 cm³/mol. The molecule has 426 valence electrons. The normalized spacial score (nSPS) is 13.7. The number of carbonyl (C=O) groups is 2. The van der Waals surface area contributed by atoms with Gasteiger partial charge in [-0.15, -0.1) is 0 Å². The van der Waals surface area contributed by atoms with Crippen molar-refractivity contribution < 1.29 is 42.1 Å². The van der Waals surface area contributed by atoms with Gasteiger partial charge in [-0.3, -0.25) is 18.6 Å². The molecule has 0 radical (unpaired) electrons. The van der Waals surface area contributed by atoms with Crippen molar-refractivity contribution in [2.24, 2.45) is 0 Å². The number of rotatable bonds is 56. The number of likely N-dealkylation sites (N-methyl/N-ethyl adjacent to an activating group) is 1. The van der Waals surface area contributed by atoms with Gasteiger partial charge in [0.15, 0.2) is 6.10 Å². The van der Waals surface area contributed by atoms with E-state index in [-0.39, 0.29) is 25.6 Å². The van der Waals surface area contributed by atoms with Crippen molar-refractivity contribution in [1.82, 2.24) is 0 Å². The molecule has 2 unspecified atom stereocenters. The highest BCUT2D eigenvalue weighted by molar-refractivity contribution is 7.47. The zero-order valence-electron chi connectivity index (χ0n) is 48.4. The molecule has 0 aromatic rings. The summed E-state index contributed by atoms with van der Waals surface area (Å²) in [5, 5.41) is 0. The van der Waals surface area contributed by atoms with E-state index in [1.807, 2.05) is 21.1 Å². The number of phosphoric acid groups is 1. The van der Waals surface area contributed by atoms with Gasteiger partial charge < -0.3 is 18.9 Å². The maximum atomic E-state index is 12.8. The van der Waals surface area contributed by atoms with Crippen LogP contribution in [0.1, 0.15) is 277 Å². The lowest BCUT2D eigenvalue weighted by molar-refractivity contribution is -0.870. The molecule has 0 saturated heterocycles. The lowest BCUT2D eigenvalue weighted by Gasteiger charge is -2.24. The molecule has 0 aliphatic rings. The van der Waals surface area contributed by atoms with Crippen LogP contribution in [0.4, 0.5) is 0 Å². The third-order valence-electron chi connectivity index (χ3n) is 13.3. The molecule has 0 amide bonds. The van der Waals surface area contributed by atoms with Crippen LogP contribution < -0.4 is 0 Å². The van der Waals surface area contributed by atoms with Gasteiger partial charge in [0.25, 0.3) is 0 Å². The van der Waals surface area contributed by atoms with Gasteiger partial charge in [0.2, 0.25) is 0 Å². The highest BCUT2D eigenvalue weighted by atomic mass is 31.2. The molecule has 0 bridgehead atoms. The Morgan fingerprint density at radius 2 is 0.781 bits per heavy atom. The average Bonchev–Trinajstić information content (AvgIpc) is 3.35. The van der Waals surface area contributed by atoms with Crippen LogP contribution in [0.5, 0.6) is 0 Å². The molecule has 2 atom stereocenters. The quantitative estimate of drug-likeness (QED) is 0.0211. The van der Waals surface area contributed by atoms with Crippen molar-refractivity contribution in [3.05, 3.63) is 60.8 Å². The van der Waals surface area contributed by atoms with Crippen molar-refractivity contribution in [3.63, 3.8) is 0 Å². The van der Waals surface area contributed by atoms with E-state index in [1.54, 1.807) is 0 Å². The second-order valence-corrected chi connectivity index (χ2v) is 23.2. The first-order valence-corrected chi connectivity index (χ1v) is 32.0. The molecule has 0 aromatic heterocycles. The van der Waals surface area contributed by atoms with Crippen molar-refractivity contribution in [1.29, 1.82) is 0 Å². The Balaban J connectivity index is 4.13. The minimum absolute atomic E-state index is 0.0310. The average molecular weight is 1050 g/mol. The lowest BCUT2D eigenvalue weighted by atomic mass is 10.0. The fourth-order valence-electron chi connectivity index (χ4n) is 8.63. The van der Waals surface area contributed by atoms with Crippen molar-refractivity contribution in [2.75, 3.05) is 47.5 Å². The molecule has 0 aliphatic carbocycles. The Hall–Kier alpha value is -2.29. The Kier molecular flexibility index (Phi) is 52.8. The van der Waals surface area contributed by atoms with E-state index in [4.69, 9.17) is 18.5 Å². The van der Waals surface area contributed by atoms with E-state index in [2.05, 4.69) is 74.6 Å². The molecular weight excluding hydrogens is 930 g/mol. The fraction of sp³-hybridized carbons (Fsp3) is 0.810. The molecule has 0 saturated carbocycles. The molecule has 0 aliphatic heterocycles. The summed E-state index contributed by atoms with van der Waals surface area (Å²) in [6.07, 6.45) is 70.0. The summed E-state index contributed by atoms with van der Waals surface area (Å²) in [5.74, 6) is -0.790. The number of hydrogen-bond acceptors (Lipinski definition) is 7. The summed E-state index contributed by atoms with van der Waals surface area (Å²) in [5.41, 5.74) is 0. The van der Waals surface area contributed by atoms with Crippen molar-refractivity contribution >= 4 is 19.8 Å². The molecule has 0 fully saturated rings. The summed E-state index contributed by atoms with van der Waals surface area (Å²) in [4.78, 5) is 35.7. The lowest BCUT2D eigenvalue weighted by Crippen LogP contribution is -2.37.